The van der Waals surface area contributed by atoms with Gasteiger partial charge in [-0.05, 0) is 12.1 Å². The molecule has 3 heterocycles. The Morgan fingerprint density at radius 1 is 1.29 bits per heavy atom. The van der Waals surface area contributed by atoms with E-state index in [1.165, 1.54) is 0 Å². The fraction of sp³-hybridized carbons (Fsp3) is 0.500. The number of hydrogen-bond acceptors (Lipinski definition) is 4. The van der Waals surface area contributed by atoms with Gasteiger partial charge in [-0.15, -0.1) is 0 Å². The number of hydrogen-bond donors (Lipinski definition) is 1. The van der Waals surface area contributed by atoms with E-state index in [1.807, 2.05) is 19.2 Å². The normalized spacial score (nSPS) is 19.7. The summed E-state index contributed by atoms with van der Waals surface area (Å²) in [5.74, 6) is 1.08. The fourth-order valence-corrected chi connectivity index (χ4v) is 2.38. The Balaban J connectivity index is 1.89. The highest BCUT2D eigenvalue weighted by Crippen LogP contribution is 2.23. The number of fused-ring (bicyclic) bond motifs is 1. The van der Waals surface area contributed by atoms with Crippen molar-refractivity contribution in [2.75, 3.05) is 38.1 Å². The molecule has 0 saturated carbocycles. The molecule has 2 aliphatic rings. The number of anilines is 1. The molecule has 5 nitrogen and oxygen atoms in total. The Kier molecular flexibility index (Phi) is 2.48. The van der Waals surface area contributed by atoms with Crippen molar-refractivity contribution in [3.8, 4) is 0 Å². The Morgan fingerprint density at radius 2 is 2.06 bits per heavy atom. The molecule has 0 radical (unpaired) electrons. The number of carbonyl (C=O) groups excluding carboxylic acids is 1. The molecule has 2 aliphatic heterocycles. The predicted octanol–water partition coefficient (Wildman–Crippen LogP) is 0.0768. The van der Waals surface area contributed by atoms with Crippen LogP contribution in [0.5, 0.6) is 0 Å². The zero-order chi connectivity index (χ0) is 11.8. The first-order chi connectivity index (χ1) is 8.25. The topological polar surface area (TPSA) is 48.5 Å². The van der Waals surface area contributed by atoms with Gasteiger partial charge < -0.3 is 15.1 Å². The molecule has 1 fully saturated rings. The second-order valence-electron chi connectivity index (χ2n) is 4.56. The van der Waals surface area contributed by atoms with Crippen LogP contribution in [-0.2, 0) is 6.54 Å². The second kappa shape index (κ2) is 4.00. The highest BCUT2D eigenvalue weighted by Gasteiger charge is 2.26. The summed E-state index contributed by atoms with van der Waals surface area (Å²) in [6.45, 7) is 4.59. The number of nitrogens with one attached hydrogen (secondary N) is 1. The molecule has 0 unspecified atom stereocenters. The van der Waals surface area contributed by atoms with Gasteiger partial charge in [0.1, 0.15) is 5.82 Å². The van der Waals surface area contributed by atoms with Crippen molar-refractivity contribution in [1.29, 1.82) is 0 Å². The van der Waals surface area contributed by atoms with Crippen LogP contribution in [0.15, 0.2) is 12.1 Å². The summed E-state index contributed by atoms with van der Waals surface area (Å²) in [5, 5.41) is 3.32. The molecule has 0 spiro atoms. The minimum absolute atomic E-state index is 0.0827. The number of pyridine rings is 1. The maximum absolute atomic E-state index is 11.7. The number of amides is 1. The van der Waals surface area contributed by atoms with Crippen LogP contribution in [0.25, 0.3) is 0 Å². The zero-order valence-corrected chi connectivity index (χ0v) is 9.94. The number of carbonyl (C=O) groups is 1. The lowest BCUT2D eigenvalue weighted by Crippen LogP contribution is -2.43. The second-order valence-corrected chi connectivity index (χ2v) is 4.56. The van der Waals surface area contributed by atoms with Crippen LogP contribution >= 0.6 is 0 Å². The fourth-order valence-electron chi connectivity index (χ4n) is 2.38. The molecule has 1 aromatic heterocycles. The van der Waals surface area contributed by atoms with E-state index in [9.17, 15) is 4.79 Å². The van der Waals surface area contributed by atoms with Gasteiger partial charge in [0.05, 0.1) is 17.8 Å². The van der Waals surface area contributed by atoms with E-state index in [0.717, 1.165) is 43.3 Å². The van der Waals surface area contributed by atoms with Crippen LogP contribution in [-0.4, -0.2) is 49.0 Å². The standard InChI is InChI=1S/C12H16N4O/c1-15-8-10-9(12(15)17)2-3-11(14-10)16-6-4-13-5-7-16/h2-3,13H,4-8H2,1H3. The van der Waals surface area contributed by atoms with Crippen LogP contribution in [0.4, 0.5) is 5.82 Å². The van der Waals surface area contributed by atoms with E-state index in [-0.39, 0.29) is 5.91 Å². The molecule has 1 aromatic rings. The lowest BCUT2D eigenvalue weighted by Gasteiger charge is -2.28. The Labute approximate surface area is 100 Å². The largest absolute Gasteiger partial charge is 0.354 e. The van der Waals surface area contributed by atoms with E-state index in [2.05, 4.69) is 15.2 Å². The van der Waals surface area contributed by atoms with E-state index >= 15 is 0 Å². The SMILES string of the molecule is CN1Cc2nc(N3CCNCC3)ccc2C1=O. The van der Waals surface area contributed by atoms with Gasteiger partial charge in [-0.1, -0.05) is 0 Å². The van der Waals surface area contributed by atoms with Gasteiger partial charge >= 0.3 is 0 Å². The summed E-state index contributed by atoms with van der Waals surface area (Å²) in [6, 6.07) is 3.87. The summed E-state index contributed by atoms with van der Waals surface area (Å²) < 4.78 is 0. The molecule has 0 atom stereocenters. The van der Waals surface area contributed by atoms with Crippen LogP contribution in [0.2, 0.25) is 0 Å². The third kappa shape index (κ3) is 1.76. The van der Waals surface area contributed by atoms with E-state index in [4.69, 9.17) is 0 Å². The zero-order valence-electron chi connectivity index (χ0n) is 9.94. The lowest BCUT2D eigenvalue weighted by molar-refractivity contribution is 0.0816. The highest BCUT2D eigenvalue weighted by molar-refractivity contribution is 5.97. The molecule has 1 N–H and O–H groups in total. The summed E-state index contributed by atoms with van der Waals surface area (Å²) in [7, 11) is 1.81. The minimum Gasteiger partial charge on any atom is -0.354 e. The summed E-state index contributed by atoms with van der Waals surface area (Å²) in [6.07, 6.45) is 0. The van der Waals surface area contributed by atoms with Gasteiger partial charge in [0, 0.05) is 33.2 Å². The molecule has 1 amide bonds. The smallest absolute Gasteiger partial charge is 0.255 e. The van der Waals surface area contributed by atoms with Crippen LogP contribution in [0.3, 0.4) is 0 Å². The minimum atomic E-state index is 0.0827. The average Bonchev–Trinajstić information content (AvgIpc) is 2.66. The Hall–Kier alpha value is -1.62. The van der Waals surface area contributed by atoms with E-state index in [1.54, 1.807) is 4.90 Å². The van der Waals surface area contributed by atoms with Crippen LogP contribution < -0.4 is 10.2 Å². The van der Waals surface area contributed by atoms with Crippen LogP contribution in [0, 0.1) is 0 Å². The van der Waals surface area contributed by atoms with Crippen molar-refractivity contribution < 1.29 is 4.79 Å². The molecule has 0 aromatic carbocycles. The highest BCUT2D eigenvalue weighted by atomic mass is 16.2. The Morgan fingerprint density at radius 3 is 2.82 bits per heavy atom. The van der Waals surface area contributed by atoms with Gasteiger partial charge in [0.2, 0.25) is 0 Å². The van der Waals surface area contributed by atoms with Crippen LogP contribution in [0.1, 0.15) is 16.1 Å². The van der Waals surface area contributed by atoms with Crippen molar-refractivity contribution in [1.82, 2.24) is 15.2 Å². The molecule has 0 bridgehead atoms. The molecule has 0 aliphatic carbocycles. The molecule has 1 saturated heterocycles. The molecule has 90 valence electrons. The lowest BCUT2D eigenvalue weighted by atomic mass is 10.2. The number of nitrogens with zero attached hydrogens (tertiary/aromatic N) is 3. The molecular weight excluding hydrogens is 216 g/mol. The van der Waals surface area contributed by atoms with Gasteiger partial charge in [0.25, 0.3) is 5.91 Å². The first-order valence-electron chi connectivity index (χ1n) is 5.97. The maximum Gasteiger partial charge on any atom is 0.255 e. The third-order valence-corrected chi connectivity index (χ3v) is 3.36. The van der Waals surface area contributed by atoms with Gasteiger partial charge in [-0.2, -0.15) is 0 Å². The van der Waals surface area contributed by atoms with Gasteiger partial charge in [-0.3, -0.25) is 4.79 Å². The Bertz CT molecular complexity index is 454. The quantitative estimate of drug-likeness (QED) is 0.745. The number of aromatic nitrogens is 1. The molecule has 17 heavy (non-hydrogen) atoms. The van der Waals surface area contributed by atoms with E-state index in [0.29, 0.717) is 6.54 Å². The first-order valence-corrected chi connectivity index (χ1v) is 5.97. The first kappa shape index (κ1) is 10.5. The number of rotatable bonds is 1. The summed E-state index contributed by atoms with van der Waals surface area (Å²) in [5.41, 5.74) is 1.67. The van der Waals surface area contributed by atoms with E-state index < -0.39 is 0 Å². The van der Waals surface area contributed by atoms with Gasteiger partial charge in [0.15, 0.2) is 0 Å². The van der Waals surface area contributed by atoms with Gasteiger partial charge in [-0.25, -0.2) is 4.98 Å². The van der Waals surface area contributed by atoms with Crippen molar-refractivity contribution in [3.05, 3.63) is 23.4 Å². The molecule has 5 heteroatoms. The average molecular weight is 232 g/mol. The van der Waals surface area contributed by atoms with Crippen molar-refractivity contribution in [3.63, 3.8) is 0 Å². The van der Waals surface area contributed by atoms with Crippen molar-refractivity contribution in [2.45, 2.75) is 6.54 Å². The predicted molar refractivity (Wildman–Crippen MR) is 65.1 cm³/mol. The van der Waals surface area contributed by atoms with Crippen molar-refractivity contribution >= 4 is 11.7 Å². The van der Waals surface area contributed by atoms with Crippen molar-refractivity contribution in [2.24, 2.45) is 0 Å². The monoisotopic (exact) mass is 232 g/mol. The third-order valence-electron chi connectivity index (χ3n) is 3.36. The molecular formula is C12H16N4O. The summed E-state index contributed by atoms with van der Waals surface area (Å²) >= 11 is 0. The maximum atomic E-state index is 11.7. The number of piperazine rings is 1. The molecule has 3 rings (SSSR count). The summed E-state index contributed by atoms with van der Waals surface area (Å²) in [4.78, 5) is 20.3.